The van der Waals surface area contributed by atoms with Gasteiger partial charge in [0.25, 0.3) is 11.1 Å². The van der Waals surface area contributed by atoms with Crippen molar-refractivity contribution in [1.29, 1.82) is 0 Å². The molecule has 0 fully saturated rings. The molecule has 2 N–H and O–H groups in total. The van der Waals surface area contributed by atoms with Crippen molar-refractivity contribution in [3.05, 3.63) is 151 Å². The van der Waals surface area contributed by atoms with Crippen LogP contribution in [0.15, 0.2) is 105 Å². The van der Waals surface area contributed by atoms with E-state index in [1.54, 1.807) is 44.2 Å². The average molecular weight is 595 g/mol. The van der Waals surface area contributed by atoms with Crippen LogP contribution < -0.4 is 11.1 Å². The summed E-state index contributed by atoms with van der Waals surface area (Å²) in [6.07, 6.45) is 0. The van der Waals surface area contributed by atoms with E-state index in [2.05, 4.69) is 10.2 Å². The summed E-state index contributed by atoms with van der Waals surface area (Å²) in [4.78, 5) is 40.4. The number of nitrogens with one attached hydrogen (secondary N) is 2. The van der Waals surface area contributed by atoms with Gasteiger partial charge in [-0.3, -0.25) is 19.8 Å². The molecule has 3 heterocycles. The monoisotopic (exact) mass is 594 g/mol. The zero-order chi connectivity index (χ0) is 30.2. The molecule has 0 bridgehead atoms. The molecule has 10 heteroatoms. The molecule has 6 aromatic rings. The first-order valence-corrected chi connectivity index (χ1v) is 13.9. The maximum Gasteiger partial charge on any atom is 0.339 e. The standard InChI is InChI=1S/C33H27ClN4O5/c1-19-28(31(39)37(35-19)22-10-6-4-7-11-22)30(29-20(2)36-38(32(29)40)23-12-8-5-9-13-23)27-17-16-26(43-27)21-14-15-25(34)24(18-21)33(41)42-3/h4-18,30,35-36H,1-3H3. The summed E-state index contributed by atoms with van der Waals surface area (Å²) in [5, 5.41) is 6.59. The van der Waals surface area contributed by atoms with Gasteiger partial charge in [-0.05, 0) is 68.4 Å². The number of aromatic amines is 2. The molecular weight excluding hydrogens is 568 g/mol. The molecule has 0 atom stereocenters. The van der Waals surface area contributed by atoms with E-state index in [9.17, 15) is 14.4 Å². The van der Waals surface area contributed by atoms with Crippen LogP contribution in [0.3, 0.4) is 0 Å². The van der Waals surface area contributed by atoms with Crippen LogP contribution in [0.2, 0.25) is 5.02 Å². The second-order valence-corrected chi connectivity index (χ2v) is 10.5. The lowest BCUT2D eigenvalue weighted by atomic mass is 9.89. The molecule has 3 aromatic carbocycles. The number of para-hydroxylation sites is 2. The highest BCUT2D eigenvalue weighted by atomic mass is 35.5. The summed E-state index contributed by atoms with van der Waals surface area (Å²) in [6, 6.07) is 26.8. The summed E-state index contributed by atoms with van der Waals surface area (Å²) in [6.45, 7) is 3.60. The van der Waals surface area contributed by atoms with Gasteiger partial charge in [0.15, 0.2) is 0 Å². The number of furan rings is 1. The number of esters is 1. The minimum absolute atomic E-state index is 0.190. The molecule has 0 aliphatic carbocycles. The van der Waals surface area contributed by atoms with Crippen LogP contribution in [0.4, 0.5) is 0 Å². The Morgan fingerprint density at radius 1 is 0.791 bits per heavy atom. The Kier molecular flexibility index (Phi) is 7.25. The van der Waals surface area contributed by atoms with Crippen molar-refractivity contribution in [1.82, 2.24) is 19.6 Å². The summed E-state index contributed by atoms with van der Waals surface area (Å²) in [5.74, 6) is -0.632. The number of hydrogen-bond donors (Lipinski definition) is 2. The van der Waals surface area contributed by atoms with Crippen molar-refractivity contribution in [2.75, 3.05) is 7.11 Å². The van der Waals surface area contributed by atoms with Crippen molar-refractivity contribution in [2.24, 2.45) is 0 Å². The maximum absolute atomic E-state index is 14.0. The van der Waals surface area contributed by atoms with E-state index in [4.69, 9.17) is 20.8 Å². The van der Waals surface area contributed by atoms with Crippen LogP contribution in [-0.4, -0.2) is 32.6 Å². The van der Waals surface area contributed by atoms with Gasteiger partial charge in [0.05, 0.1) is 46.1 Å². The molecule has 9 nitrogen and oxygen atoms in total. The van der Waals surface area contributed by atoms with Gasteiger partial charge in [-0.25, -0.2) is 14.2 Å². The fraction of sp³-hybridized carbons (Fsp3) is 0.121. The number of halogens is 1. The van der Waals surface area contributed by atoms with E-state index in [1.165, 1.54) is 16.5 Å². The molecule has 0 saturated carbocycles. The lowest BCUT2D eigenvalue weighted by Gasteiger charge is -2.13. The Bertz CT molecular complexity index is 1970. The highest BCUT2D eigenvalue weighted by Crippen LogP contribution is 2.36. The summed E-state index contributed by atoms with van der Waals surface area (Å²) >= 11 is 6.24. The van der Waals surface area contributed by atoms with Crippen LogP contribution in [0.1, 0.15) is 44.6 Å². The molecule has 0 saturated heterocycles. The number of nitrogens with zero attached hydrogens (tertiary/aromatic N) is 2. The van der Waals surface area contributed by atoms with E-state index in [0.717, 1.165) is 0 Å². The summed E-state index contributed by atoms with van der Waals surface area (Å²) in [5.41, 5.74) is 3.38. The third kappa shape index (κ3) is 4.93. The Hall–Kier alpha value is -5.28. The van der Waals surface area contributed by atoms with E-state index >= 15 is 0 Å². The van der Waals surface area contributed by atoms with E-state index < -0.39 is 11.9 Å². The number of carbonyl (C=O) groups excluding carboxylic acids is 1. The summed E-state index contributed by atoms with van der Waals surface area (Å²) < 4.78 is 14.2. The molecule has 6 rings (SSSR count). The zero-order valence-corrected chi connectivity index (χ0v) is 24.3. The first kappa shape index (κ1) is 27.9. The normalized spacial score (nSPS) is 11.3. The molecular formula is C33H27ClN4O5. The van der Waals surface area contributed by atoms with Crippen LogP contribution in [0.25, 0.3) is 22.7 Å². The molecule has 0 aliphatic heterocycles. The first-order chi connectivity index (χ1) is 20.8. The molecule has 3 aromatic heterocycles. The molecule has 0 aliphatic rings. The summed E-state index contributed by atoms with van der Waals surface area (Å²) in [7, 11) is 1.28. The Morgan fingerprint density at radius 3 is 1.84 bits per heavy atom. The van der Waals surface area contributed by atoms with Gasteiger partial charge in [0, 0.05) is 17.0 Å². The molecule has 216 valence electrons. The maximum atomic E-state index is 14.0. The molecule has 0 amide bonds. The highest BCUT2D eigenvalue weighted by molar-refractivity contribution is 6.33. The third-order valence-corrected chi connectivity index (χ3v) is 7.74. The van der Waals surface area contributed by atoms with E-state index in [1.807, 2.05) is 60.7 Å². The van der Waals surface area contributed by atoms with Gasteiger partial charge in [-0.2, -0.15) is 0 Å². The molecule has 0 spiro atoms. The fourth-order valence-electron chi connectivity index (χ4n) is 5.35. The number of benzene rings is 3. The zero-order valence-electron chi connectivity index (χ0n) is 23.6. The number of rotatable bonds is 7. The predicted octanol–water partition coefficient (Wildman–Crippen LogP) is 6.14. The van der Waals surface area contributed by atoms with Gasteiger partial charge >= 0.3 is 5.97 Å². The Morgan fingerprint density at radius 2 is 1.33 bits per heavy atom. The van der Waals surface area contributed by atoms with Gasteiger partial charge in [0.1, 0.15) is 11.5 Å². The number of methoxy groups -OCH3 is 1. The second kappa shape index (κ2) is 11.2. The van der Waals surface area contributed by atoms with Crippen molar-refractivity contribution < 1.29 is 13.9 Å². The number of H-pyrrole nitrogens is 2. The van der Waals surface area contributed by atoms with E-state index in [0.29, 0.717) is 51.0 Å². The minimum atomic E-state index is -0.858. The van der Waals surface area contributed by atoms with Gasteiger partial charge < -0.3 is 9.15 Å². The molecule has 0 unspecified atom stereocenters. The van der Waals surface area contributed by atoms with Crippen LogP contribution in [0, 0.1) is 13.8 Å². The van der Waals surface area contributed by atoms with E-state index in [-0.39, 0.29) is 21.7 Å². The fourth-order valence-corrected chi connectivity index (χ4v) is 5.55. The topological polar surface area (TPSA) is 115 Å². The highest BCUT2D eigenvalue weighted by Gasteiger charge is 2.33. The van der Waals surface area contributed by atoms with Crippen LogP contribution >= 0.6 is 11.6 Å². The van der Waals surface area contributed by atoms with Crippen molar-refractivity contribution in [3.63, 3.8) is 0 Å². The number of carbonyl (C=O) groups is 1. The number of ether oxygens (including phenoxy) is 1. The SMILES string of the molecule is COC(=O)c1cc(-c2ccc(C(c3c(C)[nH]n(-c4ccccc4)c3=O)c3c(C)[nH]n(-c4ccccc4)c3=O)o2)ccc1Cl. The van der Waals surface area contributed by atoms with Crippen molar-refractivity contribution >= 4 is 17.6 Å². The molecule has 43 heavy (non-hydrogen) atoms. The predicted molar refractivity (Wildman–Crippen MR) is 164 cm³/mol. The smallest absolute Gasteiger partial charge is 0.339 e. The molecule has 0 radical (unpaired) electrons. The Balaban J connectivity index is 1.56. The lowest BCUT2D eigenvalue weighted by molar-refractivity contribution is 0.0601. The van der Waals surface area contributed by atoms with Crippen molar-refractivity contribution in [2.45, 2.75) is 19.8 Å². The van der Waals surface area contributed by atoms with Gasteiger partial charge in [0.2, 0.25) is 0 Å². The van der Waals surface area contributed by atoms with Crippen LogP contribution in [0.5, 0.6) is 0 Å². The first-order valence-electron chi connectivity index (χ1n) is 13.5. The Labute approximate surface area is 250 Å². The largest absolute Gasteiger partial charge is 0.465 e. The minimum Gasteiger partial charge on any atom is -0.465 e. The van der Waals surface area contributed by atoms with Crippen molar-refractivity contribution in [3.8, 4) is 22.7 Å². The van der Waals surface area contributed by atoms with Gasteiger partial charge in [-0.15, -0.1) is 0 Å². The average Bonchev–Trinajstić information content (AvgIpc) is 3.71. The number of aryl methyl sites for hydroxylation is 2. The van der Waals surface area contributed by atoms with Crippen LogP contribution in [-0.2, 0) is 4.74 Å². The number of aromatic nitrogens is 4. The quantitative estimate of drug-likeness (QED) is 0.215. The lowest BCUT2D eigenvalue weighted by Crippen LogP contribution is -2.25. The second-order valence-electron chi connectivity index (χ2n) is 10.1. The van der Waals surface area contributed by atoms with Gasteiger partial charge in [-0.1, -0.05) is 48.0 Å². The third-order valence-electron chi connectivity index (χ3n) is 7.41. The number of hydrogen-bond acceptors (Lipinski definition) is 5.